The van der Waals surface area contributed by atoms with Crippen LogP contribution in [0.1, 0.15) is 79.6 Å². The maximum atomic E-state index is 11.8. The summed E-state index contributed by atoms with van der Waals surface area (Å²) in [7, 11) is 2.03. The molecule has 0 spiro atoms. The van der Waals surface area contributed by atoms with Gasteiger partial charge < -0.3 is 0 Å². The molecule has 138 valence electrons. The van der Waals surface area contributed by atoms with Gasteiger partial charge in [-0.3, -0.25) is 9.69 Å². The van der Waals surface area contributed by atoms with Gasteiger partial charge in [0.1, 0.15) is 5.78 Å². The van der Waals surface area contributed by atoms with Gasteiger partial charge >= 0.3 is 0 Å². The van der Waals surface area contributed by atoms with Crippen molar-refractivity contribution in [2.75, 3.05) is 20.1 Å². The first-order valence-corrected chi connectivity index (χ1v) is 9.50. The SMILES string of the molecule is CCCCC(=O)CN(C)CC=C(C)CCC=C(C)CCC=C(C)C. The van der Waals surface area contributed by atoms with Gasteiger partial charge in [-0.15, -0.1) is 0 Å². The molecule has 0 aromatic rings. The van der Waals surface area contributed by atoms with Crippen molar-refractivity contribution < 1.29 is 4.79 Å². The first-order chi connectivity index (χ1) is 11.3. The van der Waals surface area contributed by atoms with Crippen molar-refractivity contribution in [3.8, 4) is 0 Å². The maximum absolute atomic E-state index is 11.8. The summed E-state index contributed by atoms with van der Waals surface area (Å²) in [6, 6.07) is 0. The van der Waals surface area contributed by atoms with E-state index in [9.17, 15) is 4.79 Å². The van der Waals surface area contributed by atoms with Gasteiger partial charge in [-0.2, -0.15) is 0 Å². The molecule has 2 nitrogen and oxygen atoms in total. The number of unbranched alkanes of at least 4 members (excludes halogenated alkanes) is 1. The van der Waals surface area contributed by atoms with Crippen LogP contribution in [0.15, 0.2) is 34.9 Å². The van der Waals surface area contributed by atoms with Gasteiger partial charge in [0.15, 0.2) is 0 Å². The number of rotatable bonds is 13. The van der Waals surface area contributed by atoms with Crippen molar-refractivity contribution in [2.45, 2.75) is 79.6 Å². The lowest BCUT2D eigenvalue weighted by Crippen LogP contribution is -2.26. The zero-order chi connectivity index (χ0) is 18.4. The number of nitrogens with zero attached hydrogens (tertiary/aromatic N) is 1. The van der Waals surface area contributed by atoms with Gasteiger partial charge in [0.25, 0.3) is 0 Å². The van der Waals surface area contributed by atoms with E-state index in [0.717, 1.165) is 51.5 Å². The van der Waals surface area contributed by atoms with Crippen LogP contribution in [0.25, 0.3) is 0 Å². The van der Waals surface area contributed by atoms with E-state index in [0.29, 0.717) is 12.3 Å². The molecule has 0 aromatic heterocycles. The largest absolute Gasteiger partial charge is 0.298 e. The highest BCUT2D eigenvalue weighted by Gasteiger charge is 2.04. The molecule has 2 heteroatoms. The Labute approximate surface area is 150 Å². The fourth-order valence-corrected chi connectivity index (χ4v) is 2.47. The molecule has 24 heavy (non-hydrogen) atoms. The summed E-state index contributed by atoms with van der Waals surface area (Å²) in [5.41, 5.74) is 4.30. The Morgan fingerprint density at radius 3 is 2.04 bits per heavy atom. The Hall–Kier alpha value is -1.15. The molecule has 0 amide bonds. The molecule has 0 N–H and O–H groups in total. The van der Waals surface area contributed by atoms with Crippen molar-refractivity contribution in [3.63, 3.8) is 0 Å². The zero-order valence-electron chi connectivity index (χ0n) is 17.0. The predicted octanol–water partition coefficient (Wildman–Crippen LogP) is 6.10. The van der Waals surface area contributed by atoms with Crippen LogP contribution in [0.4, 0.5) is 0 Å². The highest BCUT2D eigenvalue weighted by atomic mass is 16.1. The molecule has 0 saturated heterocycles. The molecule has 0 rings (SSSR count). The van der Waals surface area contributed by atoms with Gasteiger partial charge in [-0.05, 0) is 66.8 Å². The lowest BCUT2D eigenvalue weighted by molar-refractivity contribution is -0.119. The Balaban J connectivity index is 4.01. The van der Waals surface area contributed by atoms with E-state index in [-0.39, 0.29) is 0 Å². The van der Waals surface area contributed by atoms with Crippen LogP contribution < -0.4 is 0 Å². The average molecular weight is 334 g/mol. The minimum Gasteiger partial charge on any atom is -0.298 e. The van der Waals surface area contributed by atoms with Crippen molar-refractivity contribution >= 4 is 5.78 Å². The van der Waals surface area contributed by atoms with E-state index in [2.05, 4.69) is 57.7 Å². The van der Waals surface area contributed by atoms with Crippen molar-refractivity contribution in [1.29, 1.82) is 0 Å². The van der Waals surface area contributed by atoms with E-state index in [1.807, 2.05) is 7.05 Å². The normalized spacial score (nSPS) is 12.6. The summed E-state index contributed by atoms with van der Waals surface area (Å²) in [4.78, 5) is 13.9. The lowest BCUT2D eigenvalue weighted by atomic mass is 10.1. The predicted molar refractivity (Wildman–Crippen MR) is 107 cm³/mol. The molecule has 0 atom stereocenters. The van der Waals surface area contributed by atoms with Crippen LogP contribution in [0.3, 0.4) is 0 Å². The Morgan fingerprint density at radius 2 is 1.46 bits per heavy atom. The van der Waals surface area contributed by atoms with Crippen LogP contribution >= 0.6 is 0 Å². The van der Waals surface area contributed by atoms with Gasteiger partial charge in [-0.1, -0.05) is 48.3 Å². The van der Waals surface area contributed by atoms with Crippen LogP contribution in [-0.2, 0) is 4.79 Å². The smallest absolute Gasteiger partial charge is 0.146 e. The third kappa shape index (κ3) is 14.4. The fraction of sp³-hybridized carbons (Fsp3) is 0.682. The molecular formula is C22H39NO. The van der Waals surface area contributed by atoms with E-state index in [1.165, 1.54) is 16.7 Å². The standard InChI is InChI=1S/C22H39NO/c1-7-8-15-22(24)18-23(6)17-16-21(5)14-10-13-20(4)12-9-11-19(2)3/h11,13,16H,7-10,12,14-15,17-18H2,1-6H3. The molecule has 0 fully saturated rings. The van der Waals surface area contributed by atoms with E-state index < -0.39 is 0 Å². The van der Waals surface area contributed by atoms with Gasteiger partial charge in [0.2, 0.25) is 0 Å². The van der Waals surface area contributed by atoms with Crippen molar-refractivity contribution in [3.05, 3.63) is 34.9 Å². The summed E-state index contributed by atoms with van der Waals surface area (Å²) in [6.45, 7) is 12.3. The average Bonchev–Trinajstić information content (AvgIpc) is 2.50. The first kappa shape index (κ1) is 22.9. The second-order valence-corrected chi connectivity index (χ2v) is 7.30. The van der Waals surface area contributed by atoms with E-state index >= 15 is 0 Å². The fourth-order valence-electron chi connectivity index (χ4n) is 2.47. The summed E-state index contributed by atoms with van der Waals surface area (Å²) >= 11 is 0. The highest BCUT2D eigenvalue weighted by molar-refractivity contribution is 5.80. The van der Waals surface area contributed by atoms with Gasteiger partial charge in [0, 0.05) is 13.0 Å². The number of carbonyl (C=O) groups is 1. The minimum atomic E-state index is 0.361. The molecule has 0 saturated carbocycles. The second kappa shape index (κ2) is 14.2. The van der Waals surface area contributed by atoms with E-state index in [1.54, 1.807) is 0 Å². The molecule has 0 aliphatic carbocycles. The van der Waals surface area contributed by atoms with E-state index in [4.69, 9.17) is 0 Å². The second-order valence-electron chi connectivity index (χ2n) is 7.30. The summed E-state index contributed by atoms with van der Waals surface area (Å²) < 4.78 is 0. The third-order valence-corrected chi connectivity index (χ3v) is 4.13. The molecule has 0 unspecified atom stereocenters. The molecule has 0 radical (unpaired) electrons. The first-order valence-electron chi connectivity index (χ1n) is 9.50. The van der Waals surface area contributed by atoms with Gasteiger partial charge in [-0.25, -0.2) is 0 Å². The van der Waals surface area contributed by atoms with Crippen LogP contribution in [0.2, 0.25) is 0 Å². The quantitative estimate of drug-likeness (QED) is 0.380. The number of carbonyl (C=O) groups excluding carboxylic acids is 1. The Kier molecular flexibility index (Phi) is 13.5. The van der Waals surface area contributed by atoms with Gasteiger partial charge in [0.05, 0.1) is 6.54 Å². The Morgan fingerprint density at radius 1 is 0.875 bits per heavy atom. The highest BCUT2D eigenvalue weighted by Crippen LogP contribution is 2.11. The number of likely N-dealkylation sites (N-methyl/N-ethyl adjacent to an activating group) is 1. The number of ketones is 1. The molecule has 0 heterocycles. The van der Waals surface area contributed by atoms with Crippen molar-refractivity contribution in [2.24, 2.45) is 0 Å². The maximum Gasteiger partial charge on any atom is 0.146 e. The molecule has 0 aliphatic heterocycles. The number of hydrogen-bond donors (Lipinski definition) is 0. The summed E-state index contributed by atoms with van der Waals surface area (Å²) in [6.07, 6.45) is 14.3. The topological polar surface area (TPSA) is 20.3 Å². The Bertz CT molecular complexity index is 439. The number of allylic oxidation sites excluding steroid dienone is 5. The van der Waals surface area contributed by atoms with Crippen LogP contribution in [0, 0.1) is 0 Å². The molecule has 0 bridgehead atoms. The summed E-state index contributed by atoms with van der Waals surface area (Å²) in [5.74, 6) is 0.361. The van der Waals surface area contributed by atoms with Crippen LogP contribution in [-0.4, -0.2) is 30.8 Å². The van der Waals surface area contributed by atoms with Crippen LogP contribution in [0.5, 0.6) is 0 Å². The summed E-state index contributed by atoms with van der Waals surface area (Å²) in [5, 5.41) is 0. The number of hydrogen-bond acceptors (Lipinski definition) is 2. The molecular weight excluding hydrogens is 294 g/mol. The van der Waals surface area contributed by atoms with Crippen molar-refractivity contribution in [1.82, 2.24) is 4.90 Å². The monoisotopic (exact) mass is 333 g/mol. The minimum absolute atomic E-state index is 0.361. The molecule has 0 aromatic carbocycles. The zero-order valence-corrected chi connectivity index (χ0v) is 17.0. The third-order valence-electron chi connectivity index (χ3n) is 4.13. The lowest BCUT2D eigenvalue weighted by Gasteiger charge is -2.13. The molecule has 0 aliphatic rings. The number of Topliss-reactive ketones (excluding diaryl/α,β-unsaturated/α-hetero) is 1.